The van der Waals surface area contributed by atoms with Crippen molar-refractivity contribution >= 4 is 8.32 Å². The van der Waals surface area contributed by atoms with Gasteiger partial charge in [0.15, 0.2) is 14.6 Å². The summed E-state index contributed by atoms with van der Waals surface area (Å²) >= 11 is 0. The van der Waals surface area contributed by atoms with Gasteiger partial charge >= 0.3 is 0 Å². The lowest BCUT2D eigenvalue weighted by molar-refractivity contribution is -0.340. The third kappa shape index (κ3) is 5.54. The van der Waals surface area contributed by atoms with Crippen LogP contribution in [0.25, 0.3) is 0 Å². The van der Waals surface area contributed by atoms with Crippen molar-refractivity contribution in [3.8, 4) is 0 Å². The van der Waals surface area contributed by atoms with Gasteiger partial charge in [0, 0.05) is 11.8 Å². The predicted molar refractivity (Wildman–Crippen MR) is 164 cm³/mol. The van der Waals surface area contributed by atoms with Crippen molar-refractivity contribution in [3.63, 3.8) is 0 Å². The van der Waals surface area contributed by atoms with E-state index >= 15 is 0 Å². The number of benzene rings is 2. The molecule has 3 fully saturated rings. The van der Waals surface area contributed by atoms with Gasteiger partial charge in [-0.25, -0.2) is 0 Å². The van der Waals surface area contributed by atoms with Crippen LogP contribution in [0.15, 0.2) is 60.7 Å². The van der Waals surface area contributed by atoms with Gasteiger partial charge in [0.05, 0.1) is 25.4 Å². The lowest BCUT2D eigenvalue weighted by atomic mass is 9.52. The zero-order chi connectivity index (χ0) is 30.0. The van der Waals surface area contributed by atoms with Gasteiger partial charge in [-0.15, -0.1) is 0 Å². The molecule has 2 aromatic rings. The minimum absolute atomic E-state index is 0.241. The van der Waals surface area contributed by atoms with E-state index in [1.165, 1.54) is 0 Å². The van der Waals surface area contributed by atoms with Crippen LogP contribution in [0, 0.1) is 11.8 Å². The molecule has 1 heterocycles. The van der Waals surface area contributed by atoms with Gasteiger partial charge in [0.2, 0.25) is 0 Å². The summed E-state index contributed by atoms with van der Waals surface area (Å²) in [6.45, 7) is 9.09. The van der Waals surface area contributed by atoms with Crippen LogP contribution in [-0.4, -0.2) is 65.5 Å². The summed E-state index contributed by atoms with van der Waals surface area (Å²) in [5, 5.41) is 37.3. The summed E-state index contributed by atoms with van der Waals surface area (Å²) in [5.41, 5.74) is -1.42. The molecule has 0 spiro atoms. The Labute approximate surface area is 252 Å². The van der Waals surface area contributed by atoms with Crippen LogP contribution < -0.4 is 0 Å². The molecule has 232 valence electrons. The number of ether oxygens (including phenoxy) is 3. The van der Waals surface area contributed by atoms with E-state index in [4.69, 9.17) is 18.6 Å². The summed E-state index contributed by atoms with van der Waals surface area (Å²) in [6.07, 6.45) is -1.79. The standard InChI is InChI=1S/C34H50O7Si/c1-5-21-33(36)31(39-23-25-17-13-10-14-18-25)30(38-22-24-15-11-9-12-16-24)29-28-26(32(35)40-29)19-20-27(34(28,33)37)41-42(6-2,7-3)8-4/h9-18,26-32,35-37H,5-8,19-23H2,1-4H3/t26-,27+,28-,29+,30-,31+,32?,33+,34+/m0/s1. The number of aliphatic hydroxyl groups excluding tert-OH is 1. The monoisotopic (exact) mass is 598 g/mol. The van der Waals surface area contributed by atoms with E-state index in [0.29, 0.717) is 32.3 Å². The second-order valence-electron chi connectivity index (χ2n) is 12.6. The number of rotatable bonds is 13. The first-order valence-corrected chi connectivity index (χ1v) is 18.6. The predicted octanol–water partition coefficient (Wildman–Crippen LogP) is 5.57. The molecule has 0 bridgehead atoms. The van der Waals surface area contributed by atoms with E-state index in [0.717, 1.165) is 29.3 Å². The molecule has 2 aliphatic carbocycles. The molecule has 3 N–H and O–H groups in total. The Hall–Kier alpha value is -1.62. The Balaban J connectivity index is 1.59. The molecule has 0 amide bonds. The molecule has 1 saturated heterocycles. The average molecular weight is 599 g/mol. The zero-order valence-corrected chi connectivity index (χ0v) is 26.7. The minimum atomic E-state index is -2.17. The topological polar surface area (TPSA) is 97.6 Å². The van der Waals surface area contributed by atoms with Crippen LogP contribution in [0.4, 0.5) is 0 Å². The van der Waals surface area contributed by atoms with Gasteiger partial charge in [-0.2, -0.15) is 0 Å². The molecule has 1 aliphatic heterocycles. The van der Waals surface area contributed by atoms with Crippen LogP contribution in [0.1, 0.15) is 64.5 Å². The molecule has 0 aromatic heterocycles. The van der Waals surface area contributed by atoms with Gasteiger partial charge in [-0.05, 0) is 48.5 Å². The molecule has 9 atom stereocenters. The van der Waals surface area contributed by atoms with Gasteiger partial charge in [0.1, 0.15) is 23.4 Å². The van der Waals surface area contributed by atoms with Gasteiger partial charge in [-0.1, -0.05) is 94.8 Å². The van der Waals surface area contributed by atoms with Crippen LogP contribution in [0.3, 0.4) is 0 Å². The van der Waals surface area contributed by atoms with Crippen LogP contribution in [0.5, 0.6) is 0 Å². The first-order valence-electron chi connectivity index (χ1n) is 16.0. The highest BCUT2D eigenvalue weighted by molar-refractivity contribution is 6.73. The van der Waals surface area contributed by atoms with Gasteiger partial charge in [0.25, 0.3) is 0 Å². The minimum Gasteiger partial charge on any atom is -0.411 e. The van der Waals surface area contributed by atoms with Gasteiger partial charge in [-0.3, -0.25) is 0 Å². The molecule has 2 aromatic carbocycles. The molecule has 8 heteroatoms. The van der Waals surface area contributed by atoms with Crippen molar-refractivity contribution in [1.29, 1.82) is 0 Å². The lowest BCUT2D eigenvalue weighted by Gasteiger charge is -2.63. The highest BCUT2D eigenvalue weighted by Gasteiger charge is 2.76. The Morgan fingerprint density at radius 1 is 0.833 bits per heavy atom. The number of aliphatic hydroxyl groups is 3. The smallest absolute Gasteiger partial charge is 0.192 e. The van der Waals surface area contributed by atoms with E-state index < -0.39 is 56.1 Å². The molecular weight excluding hydrogens is 548 g/mol. The Morgan fingerprint density at radius 2 is 1.40 bits per heavy atom. The van der Waals surface area contributed by atoms with E-state index in [-0.39, 0.29) is 12.5 Å². The van der Waals surface area contributed by atoms with E-state index in [1.54, 1.807) is 0 Å². The Kier molecular flexibility index (Phi) is 9.96. The summed E-state index contributed by atoms with van der Waals surface area (Å²) in [4.78, 5) is 0. The normalized spacial score (nSPS) is 36.1. The zero-order valence-electron chi connectivity index (χ0n) is 25.7. The number of hydrogen-bond donors (Lipinski definition) is 3. The SMILES string of the molecule is CCC[C@@]1(O)[C@H](OCc2ccccc2)[C@@H](OCc2ccccc2)[C@@H]2OC(O)[C@H]3CC[C@@H](O[Si](CC)(CC)CC)[C@@]1(O)[C@H]23. The summed E-state index contributed by atoms with van der Waals surface area (Å²) < 4.78 is 26.6. The quantitative estimate of drug-likeness (QED) is 0.260. The highest BCUT2D eigenvalue weighted by Crippen LogP contribution is 2.60. The first-order chi connectivity index (χ1) is 20.3. The van der Waals surface area contributed by atoms with Crippen molar-refractivity contribution in [3.05, 3.63) is 71.8 Å². The fraction of sp³-hybridized carbons (Fsp3) is 0.647. The van der Waals surface area contributed by atoms with Crippen molar-refractivity contribution in [1.82, 2.24) is 0 Å². The molecule has 7 nitrogen and oxygen atoms in total. The van der Waals surface area contributed by atoms with E-state index in [9.17, 15) is 15.3 Å². The largest absolute Gasteiger partial charge is 0.411 e. The molecule has 42 heavy (non-hydrogen) atoms. The first kappa shape index (κ1) is 31.8. The molecule has 0 radical (unpaired) electrons. The van der Waals surface area contributed by atoms with Gasteiger partial charge < -0.3 is 34.0 Å². The molecule has 1 unspecified atom stereocenters. The second-order valence-corrected chi connectivity index (χ2v) is 17.3. The molecule has 2 saturated carbocycles. The maximum Gasteiger partial charge on any atom is 0.192 e. The Bertz CT molecular complexity index is 1120. The van der Waals surface area contributed by atoms with Crippen LogP contribution >= 0.6 is 0 Å². The molecule has 3 aliphatic rings. The van der Waals surface area contributed by atoms with Crippen molar-refractivity contribution in [2.24, 2.45) is 11.8 Å². The molecule has 5 rings (SSSR count). The van der Waals surface area contributed by atoms with Crippen LogP contribution in [0.2, 0.25) is 18.1 Å². The van der Waals surface area contributed by atoms with E-state index in [1.807, 2.05) is 67.6 Å². The Morgan fingerprint density at radius 3 is 1.95 bits per heavy atom. The number of hydrogen-bond acceptors (Lipinski definition) is 7. The summed E-state index contributed by atoms with van der Waals surface area (Å²) in [7, 11) is -2.17. The third-order valence-corrected chi connectivity index (χ3v) is 15.2. The molecular formula is C34H50O7Si. The maximum absolute atomic E-state index is 13.1. The van der Waals surface area contributed by atoms with Crippen LogP contribution in [-0.2, 0) is 31.9 Å². The van der Waals surface area contributed by atoms with Crippen molar-refractivity contribution in [2.75, 3.05) is 0 Å². The average Bonchev–Trinajstić information content (AvgIpc) is 3.36. The third-order valence-electron chi connectivity index (χ3n) is 10.5. The summed E-state index contributed by atoms with van der Waals surface area (Å²) in [5.74, 6) is -0.889. The van der Waals surface area contributed by atoms with Crippen molar-refractivity contribution in [2.45, 2.75) is 127 Å². The van der Waals surface area contributed by atoms with E-state index in [2.05, 4.69) is 20.8 Å². The van der Waals surface area contributed by atoms with Crippen molar-refractivity contribution < 1.29 is 34.0 Å². The fourth-order valence-electron chi connectivity index (χ4n) is 8.08. The lowest BCUT2D eigenvalue weighted by Crippen LogP contribution is -2.81. The fourth-order valence-corrected chi connectivity index (χ4v) is 11.0. The second kappa shape index (κ2) is 13.2. The summed E-state index contributed by atoms with van der Waals surface area (Å²) in [6, 6.07) is 22.6. The maximum atomic E-state index is 13.1. The highest BCUT2D eigenvalue weighted by atomic mass is 28.4.